The smallest absolute Gasteiger partial charge is 0.402 e. The van der Waals surface area contributed by atoms with E-state index in [1.54, 1.807) is 4.90 Å². The number of carbonyl (C=O) groups is 2. The maximum absolute atomic E-state index is 13.2. The summed E-state index contributed by atoms with van der Waals surface area (Å²) in [7, 11) is 0. The van der Waals surface area contributed by atoms with Gasteiger partial charge in [-0.2, -0.15) is 13.2 Å². The number of ketones is 1. The summed E-state index contributed by atoms with van der Waals surface area (Å²) >= 11 is 0. The first-order valence-electron chi connectivity index (χ1n) is 10.1. The molecule has 3 rings (SSSR count). The van der Waals surface area contributed by atoms with E-state index in [1.165, 1.54) is 6.92 Å². The Morgan fingerprint density at radius 2 is 1.87 bits per heavy atom. The lowest BCUT2D eigenvalue weighted by Crippen LogP contribution is -2.47. The molecule has 8 nitrogen and oxygen atoms in total. The van der Waals surface area contributed by atoms with Gasteiger partial charge in [0.15, 0.2) is 5.78 Å². The van der Waals surface area contributed by atoms with Crippen molar-refractivity contribution < 1.29 is 27.5 Å². The Bertz CT molecular complexity index is 841. The van der Waals surface area contributed by atoms with Gasteiger partial charge in [0, 0.05) is 37.0 Å². The highest BCUT2D eigenvalue weighted by molar-refractivity contribution is 6.05. The van der Waals surface area contributed by atoms with Crippen molar-refractivity contribution in [1.29, 1.82) is 0 Å². The summed E-state index contributed by atoms with van der Waals surface area (Å²) in [6.45, 7) is 4.99. The number of amides is 1. The van der Waals surface area contributed by atoms with Gasteiger partial charge < -0.3 is 15.4 Å². The Morgan fingerprint density at radius 3 is 2.45 bits per heavy atom. The van der Waals surface area contributed by atoms with Crippen LogP contribution in [0, 0.1) is 0 Å². The highest BCUT2D eigenvalue weighted by Crippen LogP contribution is 2.32. The largest absolute Gasteiger partial charge is 0.451 e. The molecule has 2 aliphatic rings. The molecular formula is C20H26F3N5O3. The van der Waals surface area contributed by atoms with Crippen LogP contribution in [0.1, 0.15) is 47.6 Å². The fraction of sp³-hybridized carbons (Fsp3) is 0.600. The molecule has 0 radical (unpaired) electrons. The Morgan fingerprint density at radius 1 is 1.23 bits per heavy atom. The van der Waals surface area contributed by atoms with E-state index in [0.717, 1.165) is 12.3 Å². The molecule has 31 heavy (non-hydrogen) atoms. The Balaban J connectivity index is 1.72. The lowest BCUT2D eigenvalue weighted by molar-refractivity contribution is -0.145. The van der Waals surface area contributed by atoms with Crippen molar-refractivity contribution >= 4 is 11.7 Å². The van der Waals surface area contributed by atoms with Gasteiger partial charge in [-0.3, -0.25) is 14.5 Å². The van der Waals surface area contributed by atoms with E-state index in [2.05, 4.69) is 9.97 Å². The summed E-state index contributed by atoms with van der Waals surface area (Å²) in [5.74, 6) is -2.11. The summed E-state index contributed by atoms with van der Waals surface area (Å²) in [6, 6.07) is 0. The number of likely N-dealkylation sites (tertiary alicyclic amines) is 1. The molecule has 170 valence electrons. The number of nitrogens with zero attached hydrogens (tertiary/aromatic N) is 4. The van der Waals surface area contributed by atoms with Gasteiger partial charge in [0.25, 0.3) is 0 Å². The van der Waals surface area contributed by atoms with Gasteiger partial charge in [0.05, 0.1) is 31.0 Å². The number of aromatic nitrogens is 2. The Hall–Kier alpha value is -2.53. The van der Waals surface area contributed by atoms with Crippen molar-refractivity contribution in [2.24, 2.45) is 5.73 Å². The topological polar surface area (TPSA) is 102 Å². The van der Waals surface area contributed by atoms with E-state index in [4.69, 9.17) is 10.5 Å². The molecule has 1 aromatic heterocycles. The third-order valence-electron chi connectivity index (χ3n) is 5.39. The van der Waals surface area contributed by atoms with E-state index >= 15 is 0 Å². The number of rotatable bonds is 5. The van der Waals surface area contributed by atoms with Crippen LogP contribution in [0.15, 0.2) is 18.0 Å². The third kappa shape index (κ3) is 6.01. The molecular weight excluding hydrogens is 415 g/mol. The average molecular weight is 441 g/mol. The monoisotopic (exact) mass is 441 g/mol. The van der Waals surface area contributed by atoms with Gasteiger partial charge in [-0.05, 0) is 32.9 Å². The summed E-state index contributed by atoms with van der Waals surface area (Å²) in [6.07, 6.45) is -1.65. The first kappa shape index (κ1) is 23.1. The molecule has 0 spiro atoms. The number of hydrogen-bond acceptors (Lipinski definition) is 7. The zero-order chi connectivity index (χ0) is 22.6. The predicted molar refractivity (Wildman–Crippen MR) is 105 cm³/mol. The molecule has 2 aliphatic heterocycles. The van der Waals surface area contributed by atoms with Gasteiger partial charge >= 0.3 is 6.18 Å². The summed E-state index contributed by atoms with van der Waals surface area (Å²) in [4.78, 5) is 35.7. The van der Waals surface area contributed by atoms with Crippen LogP contribution in [0.3, 0.4) is 0 Å². The van der Waals surface area contributed by atoms with Crippen LogP contribution in [0.4, 0.5) is 13.2 Å². The third-order valence-corrected chi connectivity index (χ3v) is 5.39. The van der Waals surface area contributed by atoms with Crippen LogP contribution < -0.4 is 5.73 Å². The fourth-order valence-electron chi connectivity index (χ4n) is 3.79. The van der Waals surface area contributed by atoms with Gasteiger partial charge in [0.2, 0.25) is 11.7 Å². The Kier molecular flexibility index (Phi) is 7.26. The van der Waals surface area contributed by atoms with Crippen molar-refractivity contribution in [3.05, 3.63) is 35.1 Å². The van der Waals surface area contributed by atoms with Gasteiger partial charge in [-0.1, -0.05) is 0 Å². The fourth-order valence-corrected chi connectivity index (χ4v) is 3.79. The molecule has 3 heterocycles. The average Bonchev–Trinajstić information content (AvgIpc) is 2.73. The lowest BCUT2D eigenvalue weighted by atomic mass is 9.89. The standard InChI is InChI=1S/C20H26F3N5O3/c1-13(24)10-16(29)15-11-25-19(20(21,22)23)26-18(15)14-2-4-27(5-3-14)12-17(30)28-6-8-31-9-7-28/h10-11,14H,2-9,12,24H2,1H3/b13-10-. The molecule has 2 N–H and O–H groups in total. The maximum atomic E-state index is 13.2. The summed E-state index contributed by atoms with van der Waals surface area (Å²) < 4.78 is 44.7. The minimum absolute atomic E-state index is 0.0163. The van der Waals surface area contributed by atoms with E-state index < -0.39 is 17.8 Å². The van der Waals surface area contributed by atoms with E-state index in [1.807, 2.05) is 4.90 Å². The molecule has 0 aliphatic carbocycles. The molecule has 1 aromatic rings. The van der Waals surface area contributed by atoms with Crippen LogP contribution in [0.25, 0.3) is 0 Å². The molecule has 1 amide bonds. The van der Waals surface area contributed by atoms with Gasteiger partial charge in [-0.25, -0.2) is 9.97 Å². The minimum Gasteiger partial charge on any atom is -0.402 e. The van der Waals surface area contributed by atoms with E-state index in [-0.39, 0.29) is 35.3 Å². The normalized spacial score (nSPS) is 19.5. The first-order valence-corrected chi connectivity index (χ1v) is 10.1. The summed E-state index contributed by atoms with van der Waals surface area (Å²) in [5.41, 5.74) is 5.91. The van der Waals surface area contributed by atoms with Gasteiger partial charge in [0.1, 0.15) is 0 Å². The predicted octanol–water partition coefficient (Wildman–Crippen LogP) is 1.58. The molecule has 11 heteroatoms. The van der Waals surface area contributed by atoms with Crippen LogP contribution in [0.5, 0.6) is 0 Å². The Labute approximate surface area is 178 Å². The number of halogens is 3. The minimum atomic E-state index is -4.71. The lowest BCUT2D eigenvalue weighted by Gasteiger charge is -2.34. The first-order chi connectivity index (χ1) is 14.6. The molecule has 0 aromatic carbocycles. The second kappa shape index (κ2) is 9.73. The van der Waals surface area contributed by atoms with Crippen molar-refractivity contribution in [2.75, 3.05) is 45.9 Å². The zero-order valence-electron chi connectivity index (χ0n) is 17.3. The van der Waals surface area contributed by atoms with E-state index in [0.29, 0.717) is 52.2 Å². The summed E-state index contributed by atoms with van der Waals surface area (Å²) in [5, 5.41) is 0. The molecule has 0 atom stereocenters. The number of piperidine rings is 1. The molecule has 2 saturated heterocycles. The molecule has 0 saturated carbocycles. The van der Waals surface area contributed by atoms with Crippen molar-refractivity contribution in [3.8, 4) is 0 Å². The number of allylic oxidation sites excluding steroid dienone is 2. The zero-order valence-corrected chi connectivity index (χ0v) is 17.3. The molecule has 2 fully saturated rings. The van der Waals surface area contributed by atoms with Crippen LogP contribution in [-0.4, -0.2) is 77.4 Å². The number of hydrogen-bond donors (Lipinski definition) is 1. The van der Waals surface area contributed by atoms with Crippen molar-refractivity contribution in [2.45, 2.75) is 31.9 Å². The number of ether oxygens (including phenoxy) is 1. The quantitative estimate of drug-likeness (QED) is 0.547. The number of morpholine rings is 1. The van der Waals surface area contributed by atoms with Crippen LogP contribution in [-0.2, 0) is 15.7 Å². The second-order valence-electron chi connectivity index (χ2n) is 7.79. The van der Waals surface area contributed by atoms with Gasteiger partial charge in [-0.15, -0.1) is 0 Å². The SMILES string of the molecule is C/C(N)=C/C(=O)c1cnc(C(F)(F)F)nc1C1CCN(CC(=O)N2CCOCC2)CC1. The van der Waals surface area contributed by atoms with Crippen molar-refractivity contribution in [3.63, 3.8) is 0 Å². The van der Waals surface area contributed by atoms with Crippen LogP contribution in [0.2, 0.25) is 0 Å². The second-order valence-corrected chi connectivity index (χ2v) is 7.79. The molecule has 0 unspecified atom stereocenters. The van der Waals surface area contributed by atoms with Crippen molar-refractivity contribution in [1.82, 2.24) is 19.8 Å². The van der Waals surface area contributed by atoms with E-state index in [9.17, 15) is 22.8 Å². The number of carbonyl (C=O) groups excluding carboxylic acids is 2. The van der Waals surface area contributed by atoms with Crippen LogP contribution >= 0.6 is 0 Å². The highest BCUT2D eigenvalue weighted by atomic mass is 19.4. The number of nitrogens with two attached hydrogens (primary N) is 1. The highest BCUT2D eigenvalue weighted by Gasteiger charge is 2.37. The maximum Gasteiger partial charge on any atom is 0.451 e. The number of alkyl halides is 3. The molecule has 0 bridgehead atoms.